The number of nitrogen functional groups attached to an aromatic ring is 1. The number of nitrogens with zero attached hydrogens (tertiary/aromatic N) is 1. The minimum Gasteiger partial charge on any atom is -0.439 e. The van der Waals surface area contributed by atoms with Crippen LogP contribution in [0.1, 0.15) is 37.3 Å². The molecule has 0 radical (unpaired) electrons. The molecule has 0 aliphatic carbocycles. The van der Waals surface area contributed by atoms with Crippen LogP contribution in [0.2, 0.25) is 0 Å². The molecule has 0 amide bonds. The highest BCUT2D eigenvalue weighted by Crippen LogP contribution is 2.25. The maximum absolute atomic E-state index is 5.84. The van der Waals surface area contributed by atoms with Crippen LogP contribution in [0.25, 0.3) is 0 Å². The van der Waals surface area contributed by atoms with Gasteiger partial charge in [-0.15, -0.1) is 0 Å². The van der Waals surface area contributed by atoms with Gasteiger partial charge in [0.15, 0.2) is 0 Å². The van der Waals surface area contributed by atoms with Gasteiger partial charge < -0.3 is 10.5 Å². The molecule has 0 saturated heterocycles. The second kappa shape index (κ2) is 5.74. The highest BCUT2D eigenvalue weighted by molar-refractivity contribution is 5.47. The van der Waals surface area contributed by atoms with E-state index in [9.17, 15) is 0 Å². The van der Waals surface area contributed by atoms with Crippen molar-refractivity contribution >= 4 is 5.69 Å². The minimum absolute atomic E-state index is 0.527. The summed E-state index contributed by atoms with van der Waals surface area (Å²) in [6.45, 7) is 6.33. The molecule has 0 fully saturated rings. The quantitative estimate of drug-likeness (QED) is 0.888. The van der Waals surface area contributed by atoms with Crippen molar-refractivity contribution in [2.45, 2.75) is 33.1 Å². The van der Waals surface area contributed by atoms with Crippen molar-refractivity contribution < 1.29 is 4.74 Å². The lowest BCUT2D eigenvalue weighted by Crippen LogP contribution is -1.95. The van der Waals surface area contributed by atoms with E-state index in [0.29, 0.717) is 17.5 Å². The molecule has 1 unspecified atom stereocenters. The van der Waals surface area contributed by atoms with E-state index >= 15 is 0 Å². The number of ether oxygens (including phenoxy) is 1. The number of pyridine rings is 1. The van der Waals surface area contributed by atoms with Gasteiger partial charge >= 0.3 is 0 Å². The van der Waals surface area contributed by atoms with Crippen LogP contribution >= 0.6 is 0 Å². The third-order valence-corrected chi connectivity index (χ3v) is 3.40. The van der Waals surface area contributed by atoms with E-state index in [1.807, 2.05) is 19.1 Å². The molecule has 0 bridgehead atoms. The first-order chi connectivity index (χ1) is 9.10. The lowest BCUT2D eigenvalue weighted by Gasteiger charge is -2.10. The Morgan fingerprint density at radius 2 is 1.95 bits per heavy atom. The van der Waals surface area contributed by atoms with Crippen LogP contribution in [0, 0.1) is 6.92 Å². The topological polar surface area (TPSA) is 48.1 Å². The first-order valence-electron chi connectivity index (χ1n) is 6.60. The van der Waals surface area contributed by atoms with E-state index in [-0.39, 0.29) is 0 Å². The molecule has 0 spiro atoms. The van der Waals surface area contributed by atoms with Gasteiger partial charge in [0, 0.05) is 18.0 Å². The second-order valence-corrected chi connectivity index (χ2v) is 4.86. The van der Waals surface area contributed by atoms with Gasteiger partial charge in [-0.05, 0) is 42.5 Å². The van der Waals surface area contributed by atoms with Gasteiger partial charge in [0.2, 0.25) is 5.88 Å². The van der Waals surface area contributed by atoms with E-state index < -0.39 is 0 Å². The van der Waals surface area contributed by atoms with Gasteiger partial charge in [-0.2, -0.15) is 0 Å². The van der Waals surface area contributed by atoms with Gasteiger partial charge in [0.25, 0.3) is 0 Å². The number of aromatic nitrogens is 1. The van der Waals surface area contributed by atoms with Crippen LogP contribution in [0.5, 0.6) is 11.6 Å². The zero-order chi connectivity index (χ0) is 13.8. The fourth-order valence-electron chi connectivity index (χ4n) is 1.80. The number of anilines is 1. The average Bonchev–Trinajstić information content (AvgIpc) is 2.43. The molecule has 100 valence electrons. The van der Waals surface area contributed by atoms with Crippen molar-refractivity contribution in [3.8, 4) is 11.6 Å². The third kappa shape index (κ3) is 3.25. The number of hydrogen-bond acceptors (Lipinski definition) is 3. The Morgan fingerprint density at radius 3 is 2.53 bits per heavy atom. The number of aryl methyl sites for hydroxylation is 1. The second-order valence-electron chi connectivity index (χ2n) is 4.86. The van der Waals surface area contributed by atoms with Gasteiger partial charge in [-0.25, -0.2) is 4.98 Å². The minimum atomic E-state index is 0.527. The first kappa shape index (κ1) is 13.4. The Hall–Kier alpha value is -2.03. The van der Waals surface area contributed by atoms with Crippen LogP contribution in [0.3, 0.4) is 0 Å². The van der Waals surface area contributed by atoms with Crippen molar-refractivity contribution in [3.63, 3.8) is 0 Å². The summed E-state index contributed by atoms with van der Waals surface area (Å²) in [4.78, 5) is 4.21. The standard InChI is InChI=1S/C16H20N2O/c1-4-11(2)13-5-7-14(8-6-13)19-16-9-15(17)12(3)10-18-16/h5-11H,4H2,1-3H3,(H2,17,18). The van der Waals surface area contributed by atoms with Crippen LogP contribution in [-0.2, 0) is 0 Å². The van der Waals surface area contributed by atoms with Crippen LogP contribution < -0.4 is 10.5 Å². The summed E-state index contributed by atoms with van der Waals surface area (Å²) >= 11 is 0. The van der Waals surface area contributed by atoms with E-state index in [1.165, 1.54) is 5.56 Å². The predicted molar refractivity (Wildman–Crippen MR) is 78.6 cm³/mol. The average molecular weight is 256 g/mol. The molecule has 1 heterocycles. The molecular formula is C16H20N2O. The van der Waals surface area contributed by atoms with Crippen LogP contribution in [0.4, 0.5) is 5.69 Å². The molecule has 2 N–H and O–H groups in total. The molecular weight excluding hydrogens is 236 g/mol. The number of benzene rings is 1. The Balaban J connectivity index is 2.12. The summed E-state index contributed by atoms with van der Waals surface area (Å²) in [7, 11) is 0. The highest BCUT2D eigenvalue weighted by atomic mass is 16.5. The Bertz CT molecular complexity index is 549. The summed E-state index contributed by atoms with van der Waals surface area (Å²) in [5.74, 6) is 1.88. The number of rotatable bonds is 4. The van der Waals surface area contributed by atoms with E-state index in [1.54, 1.807) is 12.3 Å². The van der Waals surface area contributed by atoms with E-state index in [4.69, 9.17) is 10.5 Å². The first-order valence-corrected chi connectivity index (χ1v) is 6.60. The molecule has 1 aromatic heterocycles. The highest BCUT2D eigenvalue weighted by Gasteiger charge is 2.04. The molecule has 2 rings (SSSR count). The molecule has 3 heteroatoms. The zero-order valence-corrected chi connectivity index (χ0v) is 11.7. The SMILES string of the molecule is CCC(C)c1ccc(Oc2cc(N)c(C)cn2)cc1. The summed E-state index contributed by atoms with van der Waals surface area (Å²) in [6.07, 6.45) is 2.86. The van der Waals surface area contributed by atoms with Crippen molar-refractivity contribution in [1.29, 1.82) is 0 Å². The Kier molecular flexibility index (Phi) is 4.05. The normalized spacial score (nSPS) is 12.2. The Morgan fingerprint density at radius 1 is 1.26 bits per heavy atom. The van der Waals surface area contributed by atoms with E-state index in [2.05, 4.69) is 31.0 Å². The van der Waals surface area contributed by atoms with Gasteiger partial charge in [-0.3, -0.25) is 0 Å². The summed E-state index contributed by atoms with van der Waals surface area (Å²) in [5.41, 5.74) is 8.81. The summed E-state index contributed by atoms with van der Waals surface area (Å²) in [6, 6.07) is 9.89. The van der Waals surface area contributed by atoms with Gasteiger partial charge in [-0.1, -0.05) is 26.0 Å². The maximum Gasteiger partial charge on any atom is 0.221 e. The van der Waals surface area contributed by atoms with Crippen molar-refractivity contribution in [2.75, 3.05) is 5.73 Å². The fraction of sp³-hybridized carbons (Fsp3) is 0.312. The third-order valence-electron chi connectivity index (χ3n) is 3.40. The monoisotopic (exact) mass is 256 g/mol. The van der Waals surface area contributed by atoms with E-state index in [0.717, 1.165) is 17.7 Å². The molecule has 3 nitrogen and oxygen atoms in total. The molecule has 0 aliphatic rings. The summed E-state index contributed by atoms with van der Waals surface area (Å²) < 4.78 is 5.69. The molecule has 19 heavy (non-hydrogen) atoms. The zero-order valence-electron chi connectivity index (χ0n) is 11.7. The van der Waals surface area contributed by atoms with Crippen molar-refractivity contribution in [3.05, 3.63) is 47.7 Å². The molecule has 0 aliphatic heterocycles. The lowest BCUT2D eigenvalue weighted by atomic mass is 9.99. The summed E-state index contributed by atoms with van der Waals surface area (Å²) in [5, 5.41) is 0. The van der Waals surface area contributed by atoms with Crippen molar-refractivity contribution in [1.82, 2.24) is 4.98 Å². The maximum atomic E-state index is 5.84. The molecule has 2 aromatic rings. The molecule has 1 aromatic carbocycles. The van der Waals surface area contributed by atoms with Crippen LogP contribution in [-0.4, -0.2) is 4.98 Å². The lowest BCUT2D eigenvalue weighted by molar-refractivity contribution is 0.462. The molecule has 0 saturated carbocycles. The Labute approximate surface area is 114 Å². The molecule has 1 atom stereocenters. The number of hydrogen-bond donors (Lipinski definition) is 1. The van der Waals surface area contributed by atoms with Crippen LogP contribution in [0.15, 0.2) is 36.5 Å². The van der Waals surface area contributed by atoms with Crippen molar-refractivity contribution in [2.24, 2.45) is 0 Å². The van der Waals surface area contributed by atoms with Gasteiger partial charge in [0.05, 0.1) is 0 Å². The predicted octanol–water partition coefficient (Wildman–Crippen LogP) is 4.28. The van der Waals surface area contributed by atoms with Gasteiger partial charge in [0.1, 0.15) is 5.75 Å². The smallest absolute Gasteiger partial charge is 0.221 e. The largest absolute Gasteiger partial charge is 0.439 e. The fourth-order valence-corrected chi connectivity index (χ4v) is 1.80. The number of nitrogens with two attached hydrogens (primary N) is 1.